The Morgan fingerprint density at radius 2 is 1.66 bits per heavy atom. The maximum absolute atomic E-state index is 14.1. The van der Waals surface area contributed by atoms with Gasteiger partial charge in [-0.3, -0.25) is 4.79 Å². The van der Waals surface area contributed by atoms with Gasteiger partial charge in [-0.1, -0.05) is 56.3 Å². The van der Waals surface area contributed by atoms with Crippen LogP contribution in [0.1, 0.15) is 25.8 Å². The molecule has 1 N–H and O–H groups in total. The fourth-order valence-electron chi connectivity index (χ4n) is 4.01. The number of sulfonamides is 1. The summed E-state index contributed by atoms with van der Waals surface area (Å²) in [4.78, 5) is 14.6. The highest BCUT2D eigenvalue weighted by Crippen LogP contribution is 2.23. The van der Waals surface area contributed by atoms with Crippen molar-refractivity contribution in [3.05, 3.63) is 66.0 Å². The molecule has 3 atom stereocenters. The smallest absolute Gasteiger partial charge is 0.244 e. The molecule has 1 aliphatic heterocycles. The molecule has 1 fully saturated rings. The number of halogens is 1. The average Bonchev–Trinajstić information content (AvgIpc) is 2.67. The zero-order chi connectivity index (χ0) is 21.0. The molecule has 0 bridgehead atoms. The van der Waals surface area contributed by atoms with Crippen LogP contribution in [0.2, 0.25) is 0 Å². The van der Waals surface area contributed by atoms with Crippen molar-refractivity contribution in [1.29, 1.82) is 0 Å². The molecule has 29 heavy (non-hydrogen) atoms. The Morgan fingerprint density at radius 1 is 1.07 bits per heavy atom. The lowest BCUT2D eigenvalue weighted by Gasteiger charge is -2.37. The van der Waals surface area contributed by atoms with Gasteiger partial charge in [0.05, 0.1) is 0 Å². The van der Waals surface area contributed by atoms with Crippen LogP contribution in [-0.2, 0) is 21.2 Å². The number of amides is 1. The lowest BCUT2D eigenvalue weighted by atomic mass is 9.91. The molecule has 1 saturated heterocycles. The van der Waals surface area contributed by atoms with Crippen molar-refractivity contribution in [2.24, 2.45) is 11.8 Å². The Hall–Kier alpha value is -2.25. The van der Waals surface area contributed by atoms with Gasteiger partial charge in [0.2, 0.25) is 15.9 Å². The lowest BCUT2D eigenvalue weighted by Crippen LogP contribution is -2.53. The summed E-state index contributed by atoms with van der Waals surface area (Å²) in [5.41, 5.74) is 0.834. The van der Waals surface area contributed by atoms with E-state index in [-0.39, 0.29) is 12.3 Å². The Kier molecular flexibility index (Phi) is 6.70. The Balaban J connectivity index is 1.88. The monoisotopic (exact) mass is 418 g/mol. The van der Waals surface area contributed by atoms with E-state index >= 15 is 0 Å². The summed E-state index contributed by atoms with van der Waals surface area (Å²) in [6.07, 6.45) is 1.24. The van der Waals surface area contributed by atoms with Crippen LogP contribution >= 0.6 is 0 Å². The number of piperidine rings is 1. The summed E-state index contributed by atoms with van der Waals surface area (Å²) in [7, 11) is -4.19. The first-order valence-corrected chi connectivity index (χ1v) is 11.3. The van der Waals surface area contributed by atoms with Crippen molar-refractivity contribution in [1.82, 2.24) is 9.62 Å². The third kappa shape index (κ3) is 5.42. The van der Waals surface area contributed by atoms with Gasteiger partial charge in [-0.05, 0) is 42.4 Å². The average molecular weight is 419 g/mol. The maximum Gasteiger partial charge on any atom is 0.244 e. The Morgan fingerprint density at radius 3 is 2.28 bits per heavy atom. The van der Waals surface area contributed by atoms with E-state index in [0.717, 1.165) is 18.1 Å². The second-order valence-corrected chi connectivity index (χ2v) is 9.67. The third-order valence-electron chi connectivity index (χ3n) is 5.18. The van der Waals surface area contributed by atoms with Crippen molar-refractivity contribution in [2.75, 3.05) is 13.1 Å². The van der Waals surface area contributed by atoms with Gasteiger partial charge in [-0.2, -0.15) is 4.72 Å². The van der Waals surface area contributed by atoms with Crippen molar-refractivity contribution in [3.8, 4) is 0 Å². The van der Waals surface area contributed by atoms with Gasteiger partial charge in [0, 0.05) is 13.1 Å². The number of hydrogen-bond acceptors (Lipinski definition) is 3. The summed E-state index contributed by atoms with van der Waals surface area (Å²) in [5.74, 6) is -0.412. The highest BCUT2D eigenvalue weighted by Gasteiger charge is 2.33. The number of hydrogen-bond donors (Lipinski definition) is 1. The van der Waals surface area contributed by atoms with Gasteiger partial charge in [0.15, 0.2) is 0 Å². The van der Waals surface area contributed by atoms with Crippen LogP contribution < -0.4 is 4.72 Å². The van der Waals surface area contributed by atoms with E-state index in [1.165, 1.54) is 18.2 Å². The molecule has 1 heterocycles. The standard InChI is InChI=1S/C22H27FN2O3S/c1-16-12-17(2)15-25(14-16)22(26)20(13-18-8-4-3-5-9-18)24-29(27,28)21-11-7-6-10-19(21)23/h3-11,16-17,20,24H,12-15H2,1-2H3. The van der Waals surface area contributed by atoms with Gasteiger partial charge in [0.25, 0.3) is 0 Å². The first kappa shape index (κ1) is 21.5. The quantitative estimate of drug-likeness (QED) is 0.783. The van der Waals surface area contributed by atoms with Crippen LogP contribution in [-0.4, -0.2) is 38.4 Å². The molecule has 0 aromatic heterocycles. The Bertz CT molecular complexity index is 940. The molecule has 1 amide bonds. The highest BCUT2D eigenvalue weighted by atomic mass is 32.2. The predicted octanol–water partition coefficient (Wildman–Crippen LogP) is 3.22. The summed E-state index contributed by atoms with van der Waals surface area (Å²) < 4.78 is 42.3. The molecule has 1 aliphatic rings. The SMILES string of the molecule is CC1CC(C)CN(C(=O)C(Cc2ccccc2)NS(=O)(=O)c2ccccc2F)C1. The summed E-state index contributed by atoms with van der Waals surface area (Å²) in [6.45, 7) is 5.36. The molecular formula is C22H27FN2O3S. The second-order valence-electron chi connectivity index (χ2n) is 7.98. The van der Waals surface area contributed by atoms with Crippen LogP contribution in [0.3, 0.4) is 0 Å². The highest BCUT2D eigenvalue weighted by molar-refractivity contribution is 7.89. The predicted molar refractivity (Wildman–Crippen MR) is 110 cm³/mol. The van der Waals surface area contributed by atoms with Crippen LogP contribution in [0.5, 0.6) is 0 Å². The molecule has 0 saturated carbocycles. The zero-order valence-corrected chi connectivity index (χ0v) is 17.5. The van der Waals surface area contributed by atoms with E-state index in [2.05, 4.69) is 18.6 Å². The fraction of sp³-hybridized carbons (Fsp3) is 0.409. The van der Waals surface area contributed by atoms with Gasteiger partial charge in [-0.15, -0.1) is 0 Å². The van der Waals surface area contributed by atoms with Crippen molar-refractivity contribution < 1.29 is 17.6 Å². The van der Waals surface area contributed by atoms with E-state index < -0.39 is 26.8 Å². The minimum Gasteiger partial charge on any atom is -0.341 e. The largest absolute Gasteiger partial charge is 0.341 e. The van der Waals surface area contributed by atoms with Crippen molar-refractivity contribution in [2.45, 2.75) is 37.6 Å². The lowest BCUT2D eigenvalue weighted by molar-refractivity contribution is -0.135. The van der Waals surface area contributed by atoms with Crippen LogP contribution in [0.25, 0.3) is 0 Å². The van der Waals surface area contributed by atoms with Crippen molar-refractivity contribution in [3.63, 3.8) is 0 Å². The van der Waals surface area contributed by atoms with E-state index in [4.69, 9.17) is 0 Å². The van der Waals surface area contributed by atoms with E-state index in [1.807, 2.05) is 30.3 Å². The summed E-state index contributed by atoms with van der Waals surface area (Å²) >= 11 is 0. The van der Waals surface area contributed by atoms with Gasteiger partial charge in [0.1, 0.15) is 16.8 Å². The van der Waals surface area contributed by atoms with Gasteiger partial charge < -0.3 is 4.90 Å². The first-order valence-electron chi connectivity index (χ1n) is 9.86. The molecule has 2 aromatic carbocycles. The van der Waals surface area contributed by atoms with Crippen molar-refractivity contribution >= 4 is 15.9 Å². The zero-order valence-electron chi connectivity index (χ0n) is 16.7. The molecule has 3 rings (SSSR count). The van der Waals surface area contributed by atoms with E-state index in [1.54, 1.807) is 4.90 Å². The van der Waals surface area contributed by atoms with Crippen LogP contribution in [0.4, 0.5) is 4.39 Å². The number of benzene rings is 2. The van der Waals surface area contributed by atoms with Gasteiger partial charge >= 0.3 is 0 Å². The topological polar surface area (TPSA) is 66.5 Å². The first-order chi connectivity index (χ1) is 13.8. The summed E-state index contributed by atoms with van der Waals surface area (Å²) in [6, 6.07) is 13.4. The second kappa shape index (κ2) is 9.05. The number of likely N-dealkylation sites (tertiary alicyclic amines) is 1. The number of nitrogens with one attached hydrogen (secondary N) is 1. The van der Waals surface area contributed by atoms with Crippen LogP contribution in [0, 0.1) is 17.7 Å². The molecule has 7 heteroatoms. The molecule has 5 nitrogen and oxygen atoms in total. The van der Waals surface area contributed by atoms with Gasteiger partial charge in [-0.25, -0.2) is 12.8 Å². The summed E-state index contributed by atoms with van der Waals surface area (Å²) in [5, 5.41) is 0. The molecule has 0 aliphatic carbocycles. The third-order valence-corrected chi connectivity index (χ3v) is 6.69. The van der Waals surface area contributed by atoms with E-state index in [0.29, 0.717) is 24.9 Å². The molecule has 2 aromatic rings. The molecule has 0 spiro atoms. The van der Waals surface area contributed by atoms with E-state index in [9.17, 15) is 17.6 Å². The number of nitrogens with zero attached hydrogens (tertiary/aromatic N) is 1. The molecule has 156 valence electrons. The number of rotatable bonds is 6. The Labute approximate surface area is 172 Å². The molecule has 3 unspecified atom stereocenters. The maximum atomic E-state index is 14.1. The van der Waals surface area contributed by atoms with Crippen LogP contribution in [0.15, 0.2) is 59.5 Å². The minimum absolute atomic E-state index is 0.201. The molecular weight excluding hydrogens is 391 g/mol. The number of carbonyl (C=O) groups is 1. The number of carbonyl (C=O) groups excluding carboxylic acids is 1. The normalized spacial score (nSPS) is 21.0. The fourth-order valence-corrected chi connectivity index (χ4v) is 5.27. The minimum atomic E-state index is -4.19. The molecule has 0 radical (unpaired) electrons.